The molecule has 0 fully saturated rings. The molecule has 0 radical (unpaired) electrons. The lowest BCUT2D eigenvalue weighted by Gasteiger charge is -2.22. The Hall–Kier alpha value is -1.51. The van der Waals surface area contributed by atoms with Gasteiger partial charge in [-0.1, -0.05) is 26.3 Å². The molecule has 0 saturated heterocycles. The van der Waals surface area contributed by atoms with Crippen molar-refractivity contribution in [3.05, 3.63) is 29.3 Å². The van der Waals surface area contributed by atoms with E-state index < -0.39 is 6.10 Å². The molecule has 122 valence electrons. The largest absolute Gasteiger partial charge is 0.481 e. The van der Waals surface area contributed by atoms with Gasteiger partial charge in [0.1, 0.15) is 5.75 Å². The summed E-state index contributed by atoms with van der Waals surface area (Å²) < 4.78 is 5.96. The van der Waals surface area contributed by atoms with Gasteiger partial charge in [-0.25, -0.2) is 0 Å². The third-order valence-corrected chi connectivity index (χ3v) is 4.37. The Morgan fingerprint density at radius 3 is 2.64 bits per heavy atom. The van der Waals surface area contributed by atoms with Crippen molar-refractivity contribution in [2.45, 2.75) is 77.9 Å². The lowest BCUT2D eigenvalue weighted by atomic mass is 9.92. The number of hydrogen-bond donors (Lipinski definition) is 1. The number of rotatable bonds is 7. The smallest absolute Gasteiger partial charge is 0.261 e. The van der Waals surface area contributed by atoms with E-state index in [9.17, 15) is 4.79 Å². The molecule has 1 amide bonds. The lowest BCUT2D eigenvalue weighted by Crippen LogP contribution is -2.42. The average Bonchev–Trinajstić information content (AvgIpc) is 2.52. The van der Waals surface area contributed by atoms with Crippen LogP contribution in [0.5, 0.6) is 5.75 Å². The number of ether oxygens (including phenoxy) is 1. The number of nitrogens with one attached hydrogen (secondary N) is 1. The molecule has 1 aromatic rings. The van der Waals surface area contributed by atoms with Crippen molar-refractivity contribution in [2.24, 2.45) is 0 Å². The Balaban J connectivity index is 1.99. The first-order chi connectivity index (χ1) is 10.6. The maximum atomic E-state index is 12.3. The van der Waals surface area contributed by atoms with E-state index in [1.807, 2.05) is 19.9 Å². The van der Waals surface area contributed by atoms with Gasteiger partial charge >= 0.3 is 0 Å². The van der Waals surface area contributed by atoms with Gasteiger partial charge in [-0.3, -0.25) is 4.79 Å². The normalized spacial score (nSPS) is 16.5. The van der Waals surface area contributed by atoms with Crippen LogP contribution in [0.2, 0.25) is 0 Å². The van der Waals surface area contributed by atoms with Gasteiger partial charge in [-0.05, 0) is 68.7 Å². The van der Waals surface area contributed by atoms with Crippen molar-refractivity contribution < 1.29 is 9.53 Å². The van der Waals surface area contributed by atoms with Gasteiger partial charge < -0.3 is 10.1 Å². The predicted molar refractivity (Wildman–Crippen MR) is 90.3 cm³/mol. The zero-order valence-corrected chi connectivity index (χ0v) is 14.2. The molecule has 2 atom stereocenters. The minimum absolute atomic E-state index is 0.00108. The van der Waals surface area contributed by atoms with E-state index in [-0.39, 0.29) is 11.9 Å². The minimum atomic E-state index is -0.402. The van der Waals surface area contributed by atoms with E-state index in [0.717, 1.165) is 25.0 Å². The molecule has 0 heterocycles. The molecule has 0 bridgehead atoms. The number of carbonyl (C=O) groups excluding carboxylic acids is 1. The van der Waals surface area contributed by atoms with Crippen molar-refractivity contribution in [2.75, 3.05) is 0 Å². The number of fused-ring (bicyclic) bond motifs is 1. The summed E-state index contributed by atoms with van der Waals surface area (Å²) >= 11 is 0. The highest BCUT2D eigenvalue weighted by Crippen LogP contribution is 2.26. The molecule has 22 heavy (non-hydrogen) atoms. The first-order valence-electron chi connectivity index (χ1n) is 8.72. The topological polar surface area (TPSA) is 38.3 Å². The van der Waals surface area contributed by atoms with Gasteiger partial charge in [0, 0.05) is 6.04 Å². The zero-order chi connectivity index (χ0) is 15.9. The summed E-state index contributed by atoms with van der Waals surface area (Å²) in [6.07, 6.45) is 7.18. The molecule has 1 aromatic carbocycles. The van der Waals surface area contributed by atoms with Crippen LogP contribution in [0.15, 0.2) is 18.2 Å². The van der Waals surface area contributed by atoms with E-state index in [2.05, 4.69) is 24.4 Å². The van der Waals surface area contributed by atoms with Crippen molar-refractivity contribution in [3.63, 3.8) is 0 Å². The molecule has 0 aromatic heterocycles. The maximum absolute atomic E-state index is 12.3. The molecule has 1 aliphatic carbocycles. The standard InChI is InChI=1S/C19H29NO2/c1-4-8-14(3)20-19(21)18(5-2)22-17-12-11-15-9-6-7-10-16(15)13-17/h11-14,18H,4-10H2,1-3H3,(H,20,21). The highest BCUT2D eigenvalue weighted by atomic mass is 16.5. The number of aryl methyl sites for hydroxylation is 2. The van der Waals surface area contributed by atoms with E-state index in [1.165, 1.54) is 30.4 Å². The third-order valence-electron chi connectivity index (χ3n) is 4.37. The van der Waals surface area contributed by atoms with Crippen LogP contribution >= 0.6 is 0 Å². The average molecular weight is 303 g/mol. The molecule has 0 aliphatic heterocycles. The Kier molecular flexibility index (Phi) is 6.29. The van der Waals surface area contributed by atoms with Gasteiger partial charge in [0.25, 0.3) is 5.91 Å². The molecule has 3 nitrogen and oxygen atoms in total. The molecule has 1 N–H and O–H groups in total. The molecule has 1 aliphatic rings. The van der Waals surface area contributed by atoms with Crippen LogP contribution in [0.1, 0.15) is 64.0 Å². The van der Waals surface area contributed by atoms with Crippen LogP contribution in [0.4, 0.5) is 0 Å². The molecule has 0 spiro atoms. The van der Waals surface area contributed by atoms with Crippen LogP contribution in [0.3, 0.4) is 0 Å². The van der Waals surface area contributed by atoms with Crippen molar-refractivity contribution >= 4 is 5.91 Å². The fourth-order valence-electron chi connectivity index (χ4n) is 3.11. The van der Waals surface area contributed by atoms with E-state index in [1.54, 1.807) is 0 Å². The molecule has 3 heteroatoms. The lowest BCUT2D eigenvalue weighted by molar-refractivity contribution is -0.128. The second kappa shape index (κ2) is 8.21. The van der Waals surface area contributed by atoms with E-state index in [0.29, 0.717) is 6.42 Å². The highest BCUT2D eigenvalue weighted by Gasteiger charge is 2.20. The van der Waals surface area contributed by atoms with Crippen LogP contribution in [-0.2, 0) is 17.6 Å². The maximum Gasteiger partial charge on any atom is 0.261 e. The summed E-state index contributed by atoms with van der Waals surface area (Å²) in [5, 5.41) is 3.05. The fraction of sp³-hybridized carbons (Fsp3) is 0.632. The monoisotopic (exact) mass is 303 g/mol. The molecular formula is C19H29NO2. The number of carbonyl (C=O) groups is 1. The Morgan fingerprint density at radius 1 is 1.23 bits per heavy atom. The van der Waals surface area contributed by atoms with Crippen molar-refractivity contribution in [3.8, 4) is 5.75 Å². The Bertz CT molecular complexity index is 498. The quantitative estimate of drug-likeness (QED) is 0.826. The fourth-order valence-corrected chi connectivity index (χ4v) is 3.11. The number of amides is 1. The minimum Gasteiger partial charge on any atom is -0.481 e. The second-order valence-electron chi connectivity index (χ2n) is 6.35. The summed E-state index contributed by atoms with van der Waals surface area (Å²) in [6, 6.07) is 6.50. The Morgan fingerprint density at radius 2 is 1.95 bits per heavy atom. The molecule has 2 unspecified atom stereocenters. The van der Waals surface area contributed by atoms with Crippen molar-refractivity contribution in [1.82, 2.24) is 5.32 Å². The molecule has 2 rings (SSSR count). The van der Waals surface area contributed by atoms with Crippen molar-refractivity contribution in [1.29, 1.82) is 0 Å². The highest BCUT2D eigenvalue weighted by molar-refractivity contribution is 5.81. The number of hydrogen-bond acceptors (Lipinski definition) is 2. The zero-order valence-electron chi connectivity index (χ0n) is 14.2. The molecule has 0 saturated carbocycles. The first kappa shape index (κ1) is 16.9. The summed E-state index contributed by atoms with van der Waals surface area (Å²) in [4.78, 5) is 12.3. The second-order valence-corrected chi connectivity index (χ2v) is 6.35. The summed E-state index contributed by atoms with van der Waals surface area (Å²) in [6.45, 7) is 6.17. The van der Waals surface area contributed by atoms with Gasteiger partial charge in [0.15, 0.2) is 6.10 Å². The number of benzene rings is 1. The van der Waals surface area contributed by atoms with E-state index in [4.69, 9.17) is 4.74 Å². The third kappa shape index (κ3) is 4.49. The predicted octanol–water partition coefficient (Wildman–Crippen LogP) is 4.03. The SMILES string of the molecule is CCCC(C)NC(=O)C(CC)Oc1ccc2c(c1)CCCC2. The van der Waals surface area contributed by atoms with Crippen LogP contribution in [0.25, 0.3) is 0 Å². The van der Waals surface area contributed by atoms with Gasteiger partial charge in [-0.15, -0.1) is 0 Å². The van der Waals surface area contributed by atoms with Gasteiger partial charge in [0.05, 0.1) is 0 Å². The Labute approximate surface area is 134 Å². The first-order valence-corrected chi connectivity index (χ1v) is 8.72. The van der Waals surface area contributed by atoms with E-state index >= 15 is 0 Å². The summed E-state index contributed by atoms with van der Waals surface area (Å²) in [7, 11) is 0. The van der Waals surface area contributed by atoms with Gasteiger partial charge in [0.2, 0.25) is 0 Å². The van der Waals surface area contributed by atoms with Gasteiger partial charge in [-0.2, -0.15) is 0 Å². The summed E-state index contributed by atoms with van der Waals surface area (Å²) in [5.74, 6) is 0.826. The van der Waals surface area contributed by atoms with Crippen LogP contribution < -0.4 is 10.1 Å². The summed E-state index contributed by atoms with van der Waals surface area (Å²) in [5.41, 5.74) is 2.83. The van der Waals surface area contributed by atoms with Crippen LogP contribution in [0, 0.1) is 0 Å². The molecular weight excluding hydrogens is 274 g/mol. The van der Waals surface area contributed by atoms with Crippen LogP contribution in [-0.4, -0.2) is 18.1 Å².